The van der Waals surface area contributed by atoms with E-state index in [4.69, 9.17) is 4.74 Å². The van der Waals surface area contributed by atoms with Crippen molar-refractivity contribution in [1.82, 2.24) is 0 Å². The maximum absolute atomic E-state index is 7.00. The Morgan fingerprint density at radius 1 is 0.514 bits per heavy atom. The number of hydrogen-bond acceptors (Lipinski definition) is 1. The molecule has 37 heavy (non-hydrogen) atoms. The summed E-state index contributed by atoms with van der Waals surface area (Å²) < 4.78 is 7.00. The Labute approximate surface area is 217 Å². The van der Waals surface area contributed by atoms with Crippen LogP contribution in [0.2, 0.25) is 0 Å². The van der Waals surface area contributed by atoms with Crippen LogP contribution in [0.3, 0.4) is 0 Å². The van der Waals surface area contributed by atoms with E-state index in [1.807, 2.05) is 0 Å². The Hall–Kier alpha value is -4.36. The average molecular weight is 475 g/mol. The van der Waals surface area contributed by atoms with Gasteiger partial charge in [-0.05, 0) is 44.5 Å². The predicted octanol–water partition coefficient (Wildman–Crippen LogP) is 9.59. The van der Waals surface area contributed by atoms with E-state index in [0.717, 1.165) is 22.3 Å². The second-order valence-corrected chi connectivity index (χ2v) is 10.7. The molecular formula is C36H26O. The monoisotopic (exact) mass is 474 g/mol. The summed E-state index contributed by atoms with van der Waals surface area (Å²) >= 11 is 0. The van der Waals surface area contributed by atoms with Crippen LogP contribution in [0.5, 0.6) is 11.5 Å². The summed E-state index contributed by atoms with van der Waals surface area (Å²) in [6, 6.07) is 42.4. The number of rotatable bonds is 1. The molecule has 1 nitrogen and oxygen atoms in total. The van der Waals surface area contributed by atoms with Gasteiger partial charge in [0.15, 0.2) is 0 Å². The van der Waals surface area contributed by atoms with E-state index >= 15 is 0 Å². The van der Waals surface area contributed by atoms with Crippen LogP contribution >= 0.6 is 0 Å². The Bertz CT molecular complexity index is 1810. The number of benzene rings is 6. The summed E-state index contributed by atoms with van der Waals surface area (Å²) in [5, 5.41) is 4.71. The molecule has 0 radical (unpaired) electrons. The molecule has 0 fully saturated rings. The van der Waals surface area contributed by atoms with Crippen LogP contribution in [0.1, 0.15) is 47.6 Å². The van der Waals surface area contributed by atoms with Crippen LogP contribution in [-0.2, 0) is 5.41 Å². The van der Waals surface area contributed by atoms with E-state index in [2.05, 4.69) is 129 Å². The Morgan fingerprint density at radius 2 is 1.08 bits per heavy atom. The molecule has 1 spiro atoms. The minimum Gasteiger partial charge on any atom is -0.455 e. The summed E-state index contributed by atoms with van der Waals surface area (Å²) in [5.41, 5.74) is 8.68. The zero-order valence-electron chi connectivity index (χ0n) is 21.0. The first kappa shape index (κ1) is 20.8. The molecule has 1 aliphatic heterocycles. The zero-order valence-corrected chi connectivity index (χ0v) is 21.0. The van der Waals surface area contributed by atoms with Gasteiger partial charge in [-0.1, -0.05) is 129 Å². The lowest BCUT2D eigenvalue weighted by atomic mass is 9.65. The van der Waals surface area contributed by atoms with Gasteiger partial charge in [0.2, 0.25) is 0 Å². The van der Waals surface area contributed by atoms with Crippen molar-refractivity contribution < 1.29 is 4.74 Å². The van der Waals surface area contributed by atoms with Crippen LogP contribution in [0.4, 0.5) is 0 Å². The number of ether oxygens (including phenoxy) is 1. The third-order valence-corrected chi connectivity index (χ3v) is 8.51. The normalized spacial score (nSPS) is 14.4. The molecule has 8 rings (SSSR count). The van der Waals surface area contributed by atoms with Crippen LogP contribution < -0.4 is 4.74 Å². The van der Waals surface area contributed by atoms with Crippen LogP contribution in [-0.4, -0.2) is 0 Å². The summed E-state index contributed by atoms with van der Waals surface area (Å²) in [5.74, 6) is 2.39. The molecule has 6 aromatic carbocycles. The fraction of sp³-hybridized carbons (Fsp3) is 0.111. The van der Waals surface area contributed by atoms with Crippen molar-refractivity contribution in [2.45, 2.75) is 25.2 Å². The third kappa shape index (κ3) is 2.59. The minimum absolute atomic E-state index is 0.443. The molecule has 1 heteroatoms. The average Bonchev–Trinajstić information content (AvgIpc) is 3.23. The lowest BCUT2D eigenvalue weighted by Crippen LogP contribution is -2.32. The van der Waals surface area contributed by atoms with Gasteiger partial charge in [0.05, 0.1) is 5.41 Å². The standard InChI is InChI=1S/C36H26O/c1-22(2)25-15-18-29-28-13-7-8-14-30(28)36(33(29)21-25)31-19-16-23-9-3-5-11-26(23)34(31)37-35-27-12-6-4-10-24(27)17-20-32(35)36/h3-22H,1-2H3. The van der Waals surface area contributed by atoms with E-state index in [-0.39, 0.29) is 0 Å². The van der Waals surface area contributed by atoms with E-state index in [9.17, 15) is 0 Å². The summed E-state index contributed by atoms with van der Waals surface area (Å²) in [7, 11) is 0. The third-order valence-electron chi connectivity index (χ3n) is 8.51. The zero-order chi connectivity index (χ0) is 24.7. The molecule has 0 atom stereocenters. The second kappa shape index (κ2) is 7.33. The van der Waals surface area contributed by atoms with Crippen molar-refractivity contribution in [3.63, 3.8) is 0 Å². The minimum atomic E-state index is -0.451. The molecule has 0 amide bonds. The topological polar surface area (TPSA) is 9.23 Å². The van der Waals surface area contributed by atoms with E-state index in [1.165, 1.54) is 49.7 Å². The fourth-order valence-electron chi connectivity index (χ4n) is 6.78. The molecular weight excluding hydrogens is 448 g/mol. The van der Waals surface area contributed by atoms with E-state index < -0.39 is 5.41 Å². The first-order valence-corrected chi connectivity index (χ1v) is 13.1. The molecule has 176 valence electrons. The largest absolute Gasteiger partial charge is 0.455 e. The highest BCUT2D eigenvalue weighted by Gasteiger charge is 2.51. The fourth-order valence-corrected chi connectivity index (χ4v) is 6.78. The van der Waals surface area contributed by atoms with Crippen molar-refractivity contribution >= 4 is 21.5 Å². The van der Waals surface area contributed by atoms with Gasteiger partial charge < -0.3 is 4.74 Å². The maximum Gasteiger partial charge on any atom is 0.140 e. The quantitative estimate of drug-likeness (QED) is 0.230. The predicted molar refractivity (Wildman–Crippen MR) is 153 cm³/mol. The maximum atomic E-state index is 7.00. The molecule has 0 N–H and O–H groups in total. The molecule has 0 saturated heterocycles. The summed E-state index contributed by atoms with van der Waals surface area (Å²) in [6.07, 6.45) is 0. The van der Waals surface area contributed by atoms with Crippen LogP contribution in [0, 0.1) is 0 Å². The van der Waals surface area contributed by atoms with E-state index in [1.54, 1.807) is 0 Å². The van der Waals surface area contributed by atoms with Crippen LogP contribution in [0.15, 0.2) is 115 Å². The number of hydrogen-bond donors (Lipinski definition) is 0. The number of fused-ring (bicyclic) bond motifs is 13. The smallest absolute Gasteiger partial charge is 0.140 e. The first-order chi connectivity index (χ1) is 18.2. The van der Waals surface area contributed by atoms with Crippen molar-refractivity contribution in [3.8, 4) is 22.6 Å². The van der Waals surface area contributed by atoms with Crippen molar-refractivity contribution in [1.29, 1.82) is 0 Å². The van der Waals surface area contributed by atoms with Crippen molar-refractivity contribution in [2.75, 3.05) is 0 Å². The molecule has 1 heterocycles. The molecule has 0 saturated carbocycles. The molecule has 2 aliphatic rings. The summed E-state index contributed by atoms with van der Waals surface area (Å²) in [4.78, 5) is 0. The van der Waals surface area contributed by atoms with Gasteiger partial charge in [-0.3, -0.25) is 0 Å². The first-order valence-electron chi connectivity index (χ1n) is 13.1. The van der Waals surface area contributed by atoms with Gasteiger partial charge in [-0.15, -0.1) is 0 Å². The SMILES string of the molecule is CC(C)c1ccc2c(c1)C1(c3ccccc3-2)c2ccc3ccccc3c2Oc2c1ccc1ccccc21. The molecule has 6 aromatic rings. The molecule has 0 aromatic heterocycles. The Kier molecular flexibility index (Phi) is 4.12. The molecule has 0 unspecified atom stereocenters. The van der Waals surface area contributed by atoms with Gasteiger partial charge in [0.1, 0.15) is 11.5 Å². The van der Waals surface area contributed by atoms with Crippen molar-refractivity contribution in [3.05, 3.63) is 143 Å². The highest BCUT2D eigenvalue weighted by atomic mass is 16.5. The lowest BCUT2D eigenvalue weighted by molar-refractivity contribution is 0.447. The summed E-state index contributed by atoms with van der Waals surface area (Å²) in [6.45, 7) is 4.56. The van der Waals surface area contributed by atoms with Crippen molar-refractivity contribution in [2.24, 2.45) is 0 Å². The van der Waals surface area contributed by atoms with Gasteiger partial charge in [0, 0.05) is 21.9 Å². The highest BCUT2D eigenvalue weighted by Crippen LogP contribution is 2.64. The van der Waals surface area contributed by atoms with Gasteiger partial charge in [-0.25, -0.2) is 0 Å². The van der Waals surface area contributed by atoms with Gasteiger partial charge in [-0.2, -0.15) is 0 Å². The highest BCUT2D eigenvalue weighted by molar-refractivity contribution is 5.99. The van der Waals surface area contributed by atoms with E-state index in [0.29, 0.717) is 5.92 Å². The Morgan fingerprint density at radius 3 is 1.73 bits per heavy atom. The Balaban J connectivity index is 1.62. The second-order valence-electron chi connectivity index (χ2n) is 10.7. The van der Waals surface area contributed by atoms with Crippen LogP contribution in [0.25, 0.3) is 32.7 Å². The molecule has 0 bridgehead atoms. The van der Waals surface area contributed by atoms with Gasteiger partial charge >= 0.3 is 0 Å². The molecule has 1 aliphatic carbocycles. The lowest BCUT2D eigenvalue weighted by Gasteiger charge is -2.40. The van der Waals surface area contributed by atoms with Gasteiger partial charge in [0.25, 0.3) is 0 Å².